The van der Waals surface area contributed by atoms with E-state index < -0.39 is 17.5 Å². The lowest BCUT2D eigenvalue weighted by Gasteiger charge is -2.43. The Hall–Kier alpha value is -5.06. The van der Waals surface area contributed by atoms with Gasteiger partial charge in [-0.1, -0.05) is 30.3 Å². The standard InChI is InChI=1S/C29H25FN6O4/c1-17-10-22(18-6-4-3-5-7-18)26(34(17)2)27(38)28(39)33-20-8-9-23-24(11-20)40-16-21-14-35(15-25(37)36(21)23)29-31-12-19(30)13-32-29/h3-13,21H,14-16H2,1-2H3,(H,33,39). The number of aromatic nitrogens is 3. The molecule has 0 radical (unpaired) electrons. The Morgan fingerprint density at radius 2 is 1.82 bits per heavy atom. The van der Waals surface area contributed by atoms with Gasteiger partial charge in [0.25, 0.3) is 11.7 Å². The molecular weight excluding hydrogens is 515 g/mol. The molecule has 10 nitrogen and oxygen atoms in total. The fourth-order valence-electron chi connectivity index (χ4n) is 5.15. The third-order valence-electron chi connectivity index (χ3n) is 7.17. The Balaban J connectivity index is 1.20. The van der Waals surface area contributed by atoms with Crippen LogP contribution in [0.3, 0.4) is 0 Å². The van der Waals surface area contributed by atoms with E-state index in [-0.39, 0.29) is 31.0 Å². The highest BCUT2D eigenvalue weighted by Gasteiger charge is 2.39. The summed E-state index contributed by atoms with van der Waals surface area (Å²) in [6.07, 6.45) is 2.13. The van der Waals surface area contributed by atoms with E-state index in [4.69, 9.17) is 4.74 Å². The van der Waals surface area contributed by atoms with Gasteiger partial charge in [-0.2, -0.15) is 0 Å². The second kappa shape index (κ2) is 9.92. The van der Waals surface area contributed by atoms with Crippen molar-refractivity contribution >= 4 is 34.9 Å². The minimum absolute atomic E-state index is 0.0222. The molecule has 1 fully saturated rings. The van der Waals surface area contributed by atoms with Crippen LogP contribution in [0, 0.1) is 12.7 Å². The molecule has 1 saturated heterocycles. The number of halogens is 1. The predicted molar refractivity (Wildman–Crippen MR) is 146 cm³/mol. The van der Waals surface area contributed by atoms with Crippen molar-refractivity contribution < 1.29 is 23.5 Å². The molecule has 1 N–H and O–H groups in total. The quantitative estimate of drug-likeness (QED) is 0.305. The Morgan fingerprint density at radius 1 is 1.07 bits per heavy atom. The minimum Gasteiger partial charge on any atom is -0.489 e. The zero-order valence-electron chi connectivity index (χ0n) is 21.8. The van der Waals surface area contributed by atoms with Gasteiger partial charge in [-0.25, -0.2) is 14.4 Å². The molecule has 6 rings (SSSR count). The summed E-state index contributed by atoms with van der Waals surface area (Å²) in [4.78, 5) is 50.8. The van der Waals surface area contributed by atoms with Crippen LogP contribution in [0.4, 0.5) is 21.7 Å². The zero-order chi connectivity index (χ0) is 28.0. The summed E-state index contributed by atoms with van der Waals surface area (Å²) >= 11 is 0. The molecule has 2 aromatic heterocycles. The van der Waals surface area contributed by atoms with Crippen LogP contribution in [0.5, 0.6) is 5.75 Å². The average Bonchev–Trinajstić information content (AvgIpc) is 3.26. The largest absolute Gasteiger partial charge is 0.489 e. The van der Waals surface area contributed by atoms with Gasteiger partial charge in [0, 0.05) is 36.6 Å². The molecule has 2 aliphatic heterocycles. The van der Waals surface area contributed by atoms with Gasteiger partial charge in [0.05, 0.1) is 24.1 Å². The van der Waals surface area contributed by atoms with Gasteiger partial charge < -0.3 is 19.5 Å². The number of hydrogen-bond acceptors (Lipinski definition) is 7. The molecule has 2 amide bonds. The monoisotopic (exact) mass is 540 g/mol. The smallest absolute Gasteiger partial charge is 0.298 e. The lowest BCUT2D eigenvalue weighted by Crippen LogP contribution is -2.60. The van der Waals surface area contributed by atoms with E-state index in [0.29, 0.717) is 34.9 Å². The van der Waals surface area contributed by atoms with Crippen LogP contribution >= 0.6 is 0 Å². The number of hydrogen-bond donors (Lipinski definition) is 1. The Labute approximate surface area is 229 Å². The van der Waals surface area contributed by atoms with Gasteiger partial charge in [-0.15, -0.1) is 0 Å². The van der Waals surface area contributed by atoms with Crippen LogP contribution in [0.15, 0.2) is 67.0 Å². The van der Waals surface area contributed by atoms with E-state index >= 15 is 0 Å². The number of rotatable bonds is 5. The fourth-order valence-corrected chi connectivity index (χ4v) is 5.15. The third-order valence-corrected chi connectivity index (χ3v) is 7.17. The van der Waals surface area contributed by atoms with Crippen molar-refractivity contribution in [3.63, 3.8) is 0 Å². The van der Waals surface area contributed by atoms with Crippen LogP contribution in [0.2, 0.25) is 0 Å². The van der Waals surface area contributed by atoms with Crippen molar-refractivity contribution in [1.82, 2.24) is 14.5 Å². The van der Waals surface area contributed by atoms with E-state index in [1.807, 2.05) is 43.3 Å². The number of carbonyl (C=O) groups excluding carboxylic acids is 3. The number of benzene rings is 2. The molecular formula is C29H25FN6O4. The van der Waals surface area contributed by atoms with Crippen molar-refractivity contribution in [3.05, 3.63) is 84.2 Å². The van der Waals surface area contributed by atoms with E-state index in [0.717, 1.165) is 23.7 Å². The molecule has 1 unspecified atom stereocenters. The van der Waals surface area contributed by atoms with Crippen molar-refractivity contribution in [3.8, 4) is 16.9 Å². The van der Waals surface area contributed by atoms with Crippen LogP contribution in [0.1, 0.15) is 16.2 Å². The number of ketones is 1. The molecule has 0 spiro atoms. The van der Waals surface area contributed by atoms with Crippen LogP contribution in [-0.2, 0) is 16.6 Å². The zero-order valence-corrected chi connectivity index (χ0v) is 21.8. The van der Waals surface area contributed by atoms with Gasteiger partial charge in [0.15, 0.2) is 5.82 Å². The number of carbonyl (C=O) groups is 3. The summed E-state index contributed by atoms with van der Waals surface area (Å²) in [7, 11) is 1.75. The van der Waals surface area contributed by atoms with Crippen molar-refractivity contribution in [2.24, 2.45) is 7.05 Å². The number of fused-ring (bicyclic) bond motifs is 3. The number of amides is 2. The molecule has 2 aliphatic rings. The number of Topliss-reactive ketones (excluding diaryl/α,β-unsaturated/α-hetero) is 1. The second-order valence-electron chi connectivity index (χ2n) is 9.75. The van der Waals surface area contributed by atoms with Gasteiger partial charge in [-0.3, -0.25) is 19.3 Å². The van der Waals surface area contributed by atoms with Crippen LogP contribution in [-0.4, -0.2) is 57.9 Å². The summed E-state index contributed by atoms with van der Waals surface area (Å²) in [5.41, 5.74) is 3.61. The summed E-state index contributed by atoms with van der Waals surface area (Å²) in [6.45, 7) is 2.51. The predicted octanol–water partition coefficient (Wildman–Crippen LogP) is 3.37. The van der Waals surface area contributed by atoms with E-state index in [1.165, 1.54) is 0 Å². The first-order valence-electron chi connectivity index (χ1n) is 12.7. The van der Waals surface area contributed by atoms with Crippen LogP contribution < -0.4 is 19.9 Å². The molecule has 2 aromatic carbocycles. The van der Waals surface area contributed by atoms with Gasteiger partial charge in [0.2, 0.25) is 11.9 Å². The molecule has 0 saturated carbocycles. The molecule has 11 heteroatoms. The number of nitrogens with zero attached hydrogens (tertiary/aromatic N) is 5. The second-order valence-corrected chi connectivity index (χ2v) is 9.75. The maximum absolute atomic E-state index is 13.3. The molecule has 4 heterocycles. The molecule has 1 atom stereocenters. The molecule has 40 heavy (non-hydrogen) atoms. The number of ether oxygens (including phenoxy) is 1. The SMILES string of the molecule is Cc1cc(-c2ccccc2)c(C(=O)C(=O)Nc2ccc3c(c2)OCC2CN(c4ncc(F)cn4)CC(=O)N32)n1C. The third kappa shape index (κ3) is 4.45. The van der Waals surface area contributed by atoms with E-state index in [9.17, 15) is 18.8 Å². The number of anilines is 3. The molecule has 0 bridgehead atoms. The van der Waals surface area contributed by atoms with Crippen molar-refractivity contribution in [2.75, 3.05) is 34.8 Å². The molecule has 4 aromatic rings. The number of nitrogens with one attached hydrogen (secondary N) is 1. The van der Waals surface area contributed by atoms with Gasteiger partial charge in [-0.05, 0) is 30.7 Å². The molecule has 0 aliphatic carbocycles. The minimum atomic E-state index is -0.781. The summed E-state index contributed by atoms with van der Waals surface area (Å²) in [5, 5.41) is 2.68. The first-order valence-corrected chi connectivity index (χ1v) is 12.7. The summed E-state index contributed by atoms with van der Waals surface area (Å²) < 4.78 is 20.9. The van der Waals surface area contributed by atoms with Crippen molar-refractivity contribution in [2.45, 2.75) is 13.0 Å². The number of aryl methyl sites for hydroxylation is 1. The van der Waals surface area contributed by atoms with Crippen molar-refractivity contribution in [1.29, 1.82) is 0 Å². The highest BCUT2D eigenvalue weighted by Crippen LogP contribution is 2.38. The maximum Gasteiger partial charge on any atom is 0.298 e. The summed E-state index contributed by atoms with van der Waals surface area (Å²) in [6, 6.07) is 15.9. The van der Waals surface area contributed by atoms with Gasteiger partial charge in [0.1, 0.15) is 24.6 Å². The Kier molecular flexibility index (Phi) is 6.25. The number of piperazine rings is 1. The van der Waals surface area contributed by atoms with Crippen LogP contribution in [0.25, 0.3) is 11.1 Å². The fraction of sp³-hybridized carbons (Fsp3) is 0.207. The lowest BCUT2D eigenvalue weighted by atomic mass is 10.0. The maximum atomic E-state index is 13.3. The molecule has 202 valence electrons. The average molecular weight is 541 g/mol. The van der Waals surface area contributed by atoms with E-state index in [2.05, 4.69) is 15.3 Å². The first kappa shape index (κ1) is 25.2. The highest BCUT2D eigenvalue weighted by atomic mass is 19.1. The lowest BCUT2D eigenvalue weighted by molar-refractivity contribution is -0.119. The summed E-state index contributed by atoms with van der Waals surface area (Å²) in [5.74, 6) is -1.50. The topological polar surface area (TPSA) is 110 Å². The van der Waals surface area contributed by atoms with E-state index in [1.54, 1.807) is 39.6 Å². The van der Waals surface area contributed by atoms with Gasteiger partial charge >= 0.3 is 0 Å². The highest BCUT2D eigenvalue weighted by molar-refractivity contribution is 6.47. The normalized spacial score (nSPS) is 16.2. The Morgan fingerprint density at radius 3 is 2.58 bits per heavy atom. The Bertz CT molecular complexity index is 1640. The first-order chi connectivity index (χ1) is 19.3.